The molecule has 2 aromatic rings. The maximum atomic E-state index is 9.48. The highest BCUT2D eigenvalue weighted by molar-refractivity contribution is 5.43. The first-order chi connectivity index (χ1) is 7.75. The minimum Gasteiger partial charge on any atom is -0.508 e. The molecule has 16 heavy (non-hydrogen) atoms. The van der Waals surface area contributed by atoms with Crippen LogP contribution in [-0.2, 0) is 6.61 Å². The third-order valence-electron chi connectivity index (χ3n) is 2.18. The predicted molar refractivity (Wildman–Crippen MR) is 60.5 cm³/mol. The summed E-state index contributed by atoms with van der Waals surface area (Å²) in [6.07, 6.45) is 0. The van der Waals surface area contributed by atoms with E-state index in [1.54, 1.807) is 0 Å². The van der Waals surface area contributed by atoms with Crippen molar-refractivity contribution in [3.8, 4) is 17.2 Å². The maximum Gasteiger partial charge on any atom is 0.161 e. The molecule has 2 N–H and O–H groups in total. The van der Waals surface area contributed by atoms with Gasteiger partial charge in [0.15, 0.2) is 11.5 Å². The number of rotatable bonds is 3. The fourth-order valence-electron chi connectivity index (χ4n) is 1.36. The highest BCUT2D eigenvalue weighted by Gasteiger charge is 2.03. The largest absolute Gasteiger partial charge is 0.508 e. The van der Waals surface area contributed by atoms with Crippen LogP contribution in [-0.4, -0.2) is 10.2 Å². The Morgan fingerprint density at radius 1 is 0.938 bits per heavy atom. The van der Waals surface area contributed by atoms with Gasteiger partial charge in [0, 0.05) is 6.07 Å². The van der Waals surface area contributed by atoms with Crippen LogP contribution in [0, 0.1) is 0 Å². The van der Waals surface area contributed by atoms with E-state index < -0.39 is 0 Å². The molecule has 0 aliphatic carbocycles. The molecule has 0 radical (unpaired) electrons. The summed E-state index contributed by atoms with van der Waals surface area (Å²) < 4.78 is 5.42. The first kappa shape index (κ1) is 10.4. The van der Waals surface area contributed by atoms with Crippen molar-refractivity contribution in [1.29, 1.82) is 0 Å². The highest BCUT2D eigenvalue weighted by Crippen LogP contribution is 2.29. The van der Waals surface area contributed by atoms with Gasteiger partial charge in [-0.15, -0.1) is 0 Å². The second-order valence-electron chi connectivity index (χ2n) is 3.43. The van der Waals surface area contributed by atoms with E-state index in [0.29, 0.717) is 12.4 Å². The van der Waals surface area contributed by atoms with Gasteiger partial charge in [-0.2, -0.15) is 0 Å². The smallest absolute Gasteiger partial charge is 0.161 e. The monoisotopic (exact) mass is 216 g/mol. The van der Waals surface area contributed by atoms with E-state index in [2.05, 4.69) is 0 Å². The zero-order valence-corrected chi connectivity index (χ0v) is 8.63. The Labute approximate surface area is 93.6 Å². The van der Waals surface area contributed by atoms with Gasteiger partial charge in [-0.3, -0.25) is 0 Å². The number of hydrogen-bond donors (Lipinski definition) is 2. The number of benzene rings is 2. The Morgan fingerprint density at radius 2 is 1.69 bits per heavy atom. The van der Waals surface area contributed by atoms with Crippen molar-refractivity contribution in [1.82, 2.24) is 0 Å². The third kappa shape index (κ3) is 2.45. The lowest BCUT2D eigenvalue weighted by molar-refractivity contribution is 0.288. The molecule has 0 aliphatic rings. The van der Waals surface area contributed by atoms with Crippen LogP contribution < -0.4 is 4.74 Å². The molecule has 0 amide bonds. The van der Waals surface area contributed by atoms with Crippen LogP contribution in [0.3, 0.4) is 0 Å². The lowest BCUT2D eigenvalue weighted by atomic mass is 10.2. The number of hydrogen-bond acceptors (Lipinski definition) is 3. The Morgan fingerprint density at radius 3 is 2.38 bits per heavy atom. The van der Waals surface area contributed by atoms with Gasteiger partial charge >= 0.3 is 0 Å². The molecule has 3 heteroatoms. The van der Waals surface area contributed by atoms with Crippen LogP contribution in [0.2, 0.25) is 0 Å². The van der Waals surface area contributed by atoms with Gasteiger partial charge in [-0.1, -0.05) is 30.3 Å². The standard InChI is InChI=1S/C13H12O3/c14-11-6-7-13(12(15)8-11)16-9-10-4-2-1-3-5-10/h1-8,14-15H,9H2. The first-order valence-corrected chi connectivity index (χ1v) is 4.94. The molecule has 0 atom stereocenters. The highest BCUT2D eigenvalue weighted by atomic mass is 16.5. The Kier molecular flexibility index (Phi) is 2.96. The van der Waals surface area contributed by atoms with Gasteiger partial charge < -0.3 is 14.9 Å². The second-order valence-corrected chi connectivity index (χ2v) is 3.43. The Balaban J connectivity index is 2.05. The van der Waals surface area contributed by atoms with Crippen molar-refractivity contribution in [3.05, 3.63) is 54.1 Å². The van der Waals surface area contributed by atoms with E-state index in [4.69, 9.17) is 9.84 Å². The molecule has 0 fully saturated rings. The molecule has 3 nitrogen and oxygen atoms in total. The number of phenols is 2. The Hall–Kier alpha value is -2.16. The minimum atomic E-state index is -0.0593. The second kappa shape index (κ2) is 4.57. The third-order valence-corrected chi connectivity index (χ3v) is 2.18. The quantitative estimate of drug-likeness (QED) is 0.829. The molecule has 0 heterocycles. The van der Waals surface area contributed by atoms with Crippen molar-refractivity contribution >= 4 is 0 Å². The summed E-state index contributed by atoms with van der Waals surface area (Å²) in [7, 11) is 0. The van der Waals surface area contributed by atoms with Crippen molar-refractivity contribution < 1.29 is 14.9 Å². The molecule has 0 aliphatic heterocycles. The molecule has 2 rings (SSSR count). The van der Waals surface area contributed by atoms with Crippen LogP contribution in [0.25, 0.3) is 0 Å². The summed E-state index contributed by atoms with van der Waals surface area (Å²) in [5, 5.41) is 18.6. The molecule has 82 valence electrons. The summed E-state index contributed by atoms with van der Waals surface area (Å²) in [4.78, 5) is 0. The van der Waals surface area contributed by atoms with E-state index in [0.717, 1.165) is 5.56 Å². The lowest BCUT2D eigenvalue weighted by Crippen LogP contribution is -1.94. The number of ether oxygens (including phenoxy) is 1. The fraction of sp³-hybridized carbons (Fsp3) is 0.0769. The molecule has 0 aromatic heterocycles. The molecule has 2 aromatic carbocycles. The van der Waals surface area contributed by atoms with Crippen LogP contribution in [0.15, 0.2) is 48.5 Å². The van der Waals surface area contributed by atoms with Gasteiger partial charge in [0.2, 0.25) is 0 Å². The molecular formula is C13H12O3. The number of phenolic OH excluding ortho intramolecular Hbond substituents is 2. The molecular weight excluding hydrogens is 204 g/mol. The fourth-order valence-corrected chi connectivity index (χ4v) is 1.36. The van der Waals surface area contributed by atoms with Crippen LogP contribution in [0.5, 0.6) is 17.2 Å². The molecule has 0 spiro atoms. The van der Waals surface area contributed by atoms with Crippen LogP contribution >= 0.6 is 0 Å². The molecule has 0 saturated heterocycles. The van der Waals surface area contributed by atoms with Crippen LogP contribution in [0.1, 0.15) is 5.56 Å². The average Bonchev–Trinajstić information content (AvgIpc) is 2.29. The van der Waals surface area contributed by atoms with E-state index in [-0.39, 0.29) is 11.5 Å². The van der Waals surface area contributed by atoms with Crippen LogP contribution in [0.4, 0.5) is 0 Å². The van der Waals surface area contributed by atoms with Gasteiger partial charge in [0.1, 0.15) is 12.4 Å². The summed E-state index contributed by atoms with van der Waals surface area (Å²) in [5.41, 5.74) is 1.02. The summed E-state index contributed by atoms with van der Waals surface area (Å²) >= 11 is 0. The predicted octanol–water partition coefficient (Wildman–Crippen LogP) is 2.68. The van der Waals surface area contributed by atoms with Gasteiger partial charge in [0.25, 0.3) is 0 Å². The zero-order valence-electron chi connectivity index (χ0n) is 8.63. The van der Waals surface area contributed by atoms with Gasteiger partial charge in [-0.25, -0.2) is 0 Å². The van der Waals surface area contributed by atoms with E-state index in [1.165, 1.54) is 18.2 Å². The first-order valence-electron chi connectivity index (χ1n) is 4.94. The maximum absolute atomic E-state index is 9.48. The van der Waals surface area contributed by atoms with E-state index in [1.807, 2.05) is 30.3 Å². The van der Waals surface area contributed by atoms with E-state index >= 15 is 0 Å². The van der Waals surface area contributed by atoms with E-state index in [9.17, 15) is 5.11 Å². The summed E-state index contributed by atoms with van der Waals surface area (Å²) in [5.74, 6) is 0.321. The summed E-state index contributed by atoms with van der Waals surface area (Å²) in [6, 6.07) is 13.9. The average molecular weight is 216 g/mol. The van der Waals surface area contributed by atoms with Crippen molar-refractivity contribution in [3.63, 3.8) is 0 Å². The molecule has 0 unspecified atom stereocenters. The summed E-state index contributed by atoms with van der Waals surface area (Å²) in [6.45, 7) is 0.388. The van der Waals surface area contributed by atoms with Crippen molar-refractivity contribution in [2.45, 2.75) is 6.61 Å². The van der Waals surface area contributed by atoms with Crippen molar-refractivity contribution in [2.75, 3.05) is 0 Å². The molecule has 0 saturated carbocycles. The molecule has 0 bridgehead atoms. The lowest BCUT2D eigenvalue weighted by Gasteiger charge is -2.08. The number of aromatic hydroxyl groups is 2. The van der Waals surface area contributed by atoms with Crippen molar-refractivity contribution in [2.24, 2.45) is 0 Å². The van der Waals surface area contributed by atoms with Gasteiger partial charge in [0.05, 0.1) is 0 Å². The Bertz CT molecular complexity index is 466. The zero-order chi connectivity index (χ0) is 11.4. The SMILES string of the molecule is Oc1ccc(OCc2ccccc2)c(O)c1. The topological polar surface area (TPSA) is 49.7 Å². The minimum absolute atomic E-state index is 0.0181. The van der Waals surface area contributed by atoms with Gasteiger partial charge in [-0.05, 0) is 17.7 Å². The normalized spacial score (nSPS) is 10.0.